The number of hydrogen-bond acceptors (Lipinski definition) is 8. The summed E-state index contributed by atoms with van der Waals surface area (Å²) in [4.78, 5) is 41.3. The van der Waals surface area contributed by atoms with E-state index in [9.17, 15) is 19.5 Å². The van der Waals surface area contributed by atoms with E-state index in [4.69, 9.17) is 4.74 Å². The van der Waals surface area contributed by atoms with Crippen molar-refractivity contribution in [1.29, 1.82) is 0 Å². The number of ether oxygens (including phenoxy) is 1. The van der Waals surface area contributed by atoms with Crippen LogP contribution in [0.15, 0.2) is 36.4 Å². The van der Waals surface area contributed by atoms with Crippen LogP contribution < -0.4 is 5.32 Å². The van der Waals surface area contributed by atoms with Gasteiger partial charge in [0.05, 0.1) is 6.04 Å². The average Bonchev–Trinajstić information content (AvgIpc) is 3.65. The molecule has 0 aliphatic heterocycles. The molecule has 6 aromatic rings. The lowest BCUT2D eigenvalue weighted by atomic mass is 9.95. The molecule has 6 rings (SSSR count). The number of nitrogens with one attached hydrogen (secondary N) is 1. The van der Waals surface area contributed by atoms with Gasteiger partial charge in [0.25, 0.3) is 0 Å². The van der Waals surface area contributed by atoms with Crippen LogP contribution in [0.2, 0.25) is 0 Å². The fraction of sp³-hybridized carbons (Fsp3) is 0.258. The molecule has 0 saturated carbocycles. The highest BCUT2D eigenvalue weighted by molar-refractivity contribution is 7.24. The maximum Gasteiger partial charge on any atom is 0.349 e. The van der Waals surface area contributed by atoms with E-state index >= 15 is 0 Å². The summed E-state index contributed by atoms with van der Waals surface area (Å²) in [6, 6.07) is 11.9. The summed E-state index contributed by atoms with van der Waals surface area (Å²) in [7, 11) is 0. The van der Waals surface area contributed by atoms with Crippen molar-refractivity contribution in [2.24, 2.45) is 5.92 Å². The van der Waals surface area contributed by atoms with Crippen molar-refractivity contribution in [3.8, 4) is 11.1 Å². The van der Waals surface area contributed by atoms with E-state index in [0.29, 0.717) is 16.0 Å². The van der Waals surface area contributed by atoms with E-state index in [1.165, 1.54) is 29.6 Å². The molecule has 210 valence electrons. The van der Waals surface area contributed by atoms with Gasteiger partial charge in [-0.05, 0) is 56.2 Å². The van der Waals surface area contributed by atoms with Crippen LogP contribution in [-0.4, -0.2) is 35.6 Å². The number of thiophene rings is 4. The molecule has 0 unspecified atom stereocenters. The zero-order valence-corrected chi connectivity index (χ0v) is 26.3. The van der Waals surface area contributed by atoms with E-state index in [1.54, 1.807) is 22.7 Å². The van der Waals surface area contributed by atoms with Gasteiger partial charge in [0, 0.05) is 68.1 Å². The lowest BCUT2D eigenvalue weighted by molar-refractivity contribution is -0.120. The molecule has 0 bridgehead atoms. The maximum absolute atomic E-state index is 13.9. The molecule has 4 aromatic heterocycles. The molecular formula is C31H27NO5S4. The number of esters is 1. The topological polar surface area (TPSA) is 92.7 Å². The first kappa shape index (κ1) is 27.8. The Bertz CT molecular complexity index is 2020. The maximum atomic E-state index is 13.9. The fourth-order valence-corrected chi connectivity index (χ4v) is 9.38. The third-order valence-electron chi connectivity index (χ3n) is 7.17. The van der Waals surface area contributed by atoms with E-state index in [1.807, 2.05) is 45.9 Å². The van der Waals surface area contributed by atoms with Crippen molar-refractivity contribution in [3.05, 3.63) is 55.9 Å². The first-order chi connectivity index (χ1) is 19.5. The van der Waals surface area contributed by atoms with Gasteiger partial charge in [-0.1, -0.05) is 13.8 Å². The molecule has 0 radical (unpaired) electrons. The van der Waals surface area contributed by atoms with Crippen LogP contribution in [-0.2, 0) is 9.53 Å². The van der Waals surface area contributed by atoms with Crippen molar-refractivity contribution in [2.45, 2.75) is 40.7 Å². The van der Waals surface area contributed by atoms with E-state index in [-0.39, 0.29) is 29.4 Å². The summed E-state index contributed by atoms with van der Waals surface area (Å²) in [6.45, 7) is 9.46. The number of carbonyl (C=O) groups excluding carboxylic acids is 2. The van der Waals surface area contributed by atoms with Crippen molar-refractivity contribution >= 4 is 104 Å². The Kier molecular flexibility index (Phi) is 7.14. The molecule has 2 aromatic carbocycles. The second-order valence-electron chi connectivity index (χ2n) is 10.5. The van der Waals surface area contributed by atoms with Crippen molar-refractivity contribution in [3.63, 3.8) is 0 Å². The lowest BCUT2D eigenvalue weighted by Gasteiger charge is -2.21. The van der Waals surface area contributed by atoms with Crippen molar-refractivity contribution in [2.75, 3.05) is 6.61 Å². The van der Waals surface area contributed by atoms with Gasteiger partial charge in [0.1, 0.15) is 16.4 Å². The second kappa shape index (κ2) is 10.5. The van der Waals surface area contributed by atoms with Gasteiger partial charge in [-0.25, -0.2) is 9.59 Å². The minimum atomic E-state index is -1.03. The first-order valence-electron chi connectivity index (χ1n) is 13.1. The van der Waals surface area contributed by atoms with Crippen LogP contribution in [0.1, 0.15) is 49.9 Å². The number of carbonyl (C=O) groups is 3. The molecule has 0 spiro atoms. The molecule has 1 atom stereocenters. The Morgan fingerprint density at radius 3 is 1.78 bits per heavy atom. The number of aryl methyl sites for hydroxylation is 2. The molecule has 41 heavy (non-hydrogen) atoms. The van der Waals surface area contributed by atoms with Gasteiger partial charge in [-0.3, -0.25) is 4.79 Å². The van der Waals surface area contributed by atoms with Gasteiger partial charge in [0.15, 0.2) is 0 Å². The Balaban J connectivity index is 1.65. The van der Waals surface area contributed by atoms with E-state index in [2.05, 4.69) is 23.5 Å². The van der Waals surface area contributed by atoms with Crippen LogP contribution in [0, 0.1) is 19.8 Å². The molecule has 6 nitrogen and oxygen atoms in total. The first-order valence-corrected chi connectivity index (χ1v) is 16.4. The van der Waals surface area contributed by atoms with Gasteiger partial charge in [-0.15, -0.1) is 45.3 Å². The minimum Gasteiger partial charge on any atom is -0.477 e. The average molecular weight is 622 g/mol. The Morgan fingerprint density at radius 2 is 1.29 bits per heavy atom. The molecule has 0 saturated heterocycles. The van der Waals surface area contributed by atoms with Gasteiger partial charge >= 0.3 is 11.9 Å². The summed E-state index contributed by atoms with van der Waals surface area (Å²) < 4.78 is 9.76. The smallest absolute Gasteiger partial charge is 0.349 e. The molecule has 2 N–H and O–H groups in total. The van der Waals surface area contributed by atoms with Crippen molar-refractivity contribution in [1.82, 2.24) is 5.32 Å². The molecule has 0 aliphatic rings. The molecule has 0 aliphatic carbocycles. The third-order valence-corrected chi connectivity index (χ3v) is 11.5. The van der Waals surface area contributed by atoms with Crippen LogP contribution in [0.3, 0.4) is 0 Å². The highest BCUT2D eigenvalue weighted by Gasteiger charge is 2.31. The van der Waals surface area contributed by atoms with Gasteiger partial charge in [0.2, 0.25) is 5.91 Å². The third kappa shape index (κ3) is 4.82. The number of hydrogen-bond donors (Lipinski definition) is 2. The Morgan fingerprint density at radius 1 is 0.805 bits per heavy atom. The number of benzene rings is 2. The van der Waals surface area contributed by atoms with E-state index in [0.717, 1.165) is 50.1 Å². The molecule has 1 amide bonds. The number of rotatable bonds is 7. The number of carboxylic acids is 1. The highest BCUT2D eigenvalue weighted by atomic mass is 32.1. The van der Waals surface area contributed by atoms with Crippen LogP contribution in [0.5, 0.6) is 0 Å². The second-order valence-corrected chi connectivity index (χ2v) is 15.2. The summed E-state index contributed by atoms with van der Waals surface area (Å²) in [5.74, 6) is -1.69. The number of fused-ring (bicyclic) bond motifs is 6. The molecular weight excluding hydrogens is 595 g/mol. The summed E-state index contributed by atoms with van der Waals surface area (Å²) in [5, 5.41) is 17.0. The van der Waals surface area contributed by atoms with E-state index < -0.39 is 11.9 Å². The summed E-state index contributed by atoms with van der Waals surface area (Å²) in [6.07, 6.45) is 0. The standard InChI is InChI=1S/C31H27NO5S4/c1-13(2)19(32-16(5)33)12-37-31(36)29-27(25-18-11-15(4)39-21(18)7-9-23(25)41-29)26-24-17-10-14(3)38-20(17)6-8-22(24)40-28(26)30(34)35/h6-11,13,19H,12H2,1-5H3,(H,32,33)(H,34,35)/t19-/m1/s1. The Hall–Kier alpha value is -3.31. The fourth-order valence-electron chi connectivity index (χ4n) is 5.34. The minimum absolute atomic E-state index is 0.0148. The largest absolute Gasteiger partial charge is 0.477 e. The van der Waals surface area contributed by atoms with Crippen LogP contribution in [0.4, 0.5) is 0 Å². The lowest BCUT2D eigenvalue weighted by Crippen LogP contribution is -2.41. The normalized spacial score (nSPS) is 12.6. The van der Waals surface area contributed by atoms with Crippen LogP contribution >= 0.6 is 45.3 Å². The Labute approximate surface area is 252 Å². The molecule has 4 heterocycles. The van der Waals surface area contributed by atoms with Gasteiger partial charge in [-0.2, -0.15) is 0 Å². The predicted molar refractivity (Wildman–Crippen MR) is 173 cm³/mol. The highest BCUT2D eigenvalue weighted by Crippen LogP contribution is 2.51. The number of carboxylic acid groups (broad SMARTS) is 1. The number of aromatic carboxylic acids is 1. The van der Waals surface area contributed by atoms with Crippen molar-refractivity contribution < 1.29 is 24.2 Å². The number of amides is 1. The molecule has 0 fully saturated rings. The van der Waals surface area contributed by atoms with Gasteiger partial charge < -0.3 is 15.2 Å². The molecule has 10 heteroatoms. The van der Waals surface area contributed by atoms with Crippen LogP contribution in [0.25, 0.3) is 51.5 Å². The quantitative estimate of drug-likeness (QED) is 0.174. The summed E-state index contributed by atoms with van der Waals surface area (Å²) in [5.41, 5.74) is 1.18. The SMILES string of the molecule is CC(=O)N[C@H](COC(=O)c1sc2ccc3sc(C)cc3c2c1-c1c(C(=O)O)sc2ccc3sc(C)cc3c12)C(C)C. The summed E-state index contributed by atoms with van der Waals surface area (Å²) >= 11 is 5.90. The predicted octanol–water partition coefficient (Wildman–Crippen LogP) is 8.84. The zero-order valence-electron chi connectivity index (χ0n) is 23.0. The zero-order chi connectivity index (χ0) is 29.2. The monoisotopic (exact) mass is 621 g/mol.